The molecule has 0 fully saturated rings. The van der Waals surface area contributed by atoms with Crippen molar-refractivity contribution in [2.45, 2.75) is 37.2 Å². The van der Waals surface area contributed by atoms with Gasteiger partial charge in [0.25, 0.3) is 0 Å². The van der Waals surface area contributed by atoms with Crippen molar-refractivity contribution in [3.05, 3.63) is 58.7 Å². The van der Waals surface area contributed by atoms with Crippen LogP contribution in [0.5, 0.6) is 0 Å². The number of anilines is 1. The van der Waals surface area contributed by atoms with E-state index in [1.807, 2.05) is 18.2 Å². The van der Waals surface area contributed by atoms with E-state index in [1.54, 1.807) is 25.1 Å². The van der Waals surface area contributed by atoms with Crippen LogP contribution in [0.1, 0.15) is 45.2 Å². The molecule has 0 saturated carbocycles. The molecule has 2 aromatic carbocycles. The normalized spacial score (nSPS) is 16.1. The number of rotatable bonds is 4. The molecule has 1 heterocycles. The van der Waals surface area contributed by atoms with Crippen LogP contribution >= 0.6 is 11.8 Å². The van der Waals surface area contributed by atoms with E-state index in [0.717, 1.165) is 24.2 Å². The number of hydrogen-bond donors (Lipinski definition) is 1. The number of carbonyl (C=O) groups is 3. The second-order valence-corrected chi connectivity index (χ2v) is 7.81. The summed E-state index contributed by atoms with van der Waals surface area (Å²) in [6, 6.07) is 10.7. The Bertz CT molecular complexity index is 953. The monoisotopic (exact) mass is 381 g/mol. The van der Waals surface area contributed by atoms with Crippen molar-refractivity contribution < 1.29 is 19.1 Å². The van der Waals surface area contributed by atoms with Crippen molar-refractivity contribution in [3.8, 4) is 0 Å². The molecule has 138 valence electrons. The highest BCUT2D eigenvalue weighted by Crippen LogP contribution is 2.32. The Balaban J connectivity index is 1.47. The van der Waals surface area contributed by atoms with E-state index < -0.39 is 12.1 Å². The third kappa shape index (κ3) is 3.62. The summed E-state index contributed by atoms with van der Waals surface area (Å²) in [6.45, 7) is 1.59. The second-order valence-electron chi connectivity index (χ2n) is 6.80. The van der Waals surface area contributed by atoms with Gasteiger partial charge in [-0.2, -0.15) is 0 Å². The van der Waals surface area contributed by atoms with Crippen molar-refractivity contribution in [1.82, 2.24) is 0 Å². The molecule has 0 radical (unpaired) electrons. The summed E-state index contributed by atoms with van der Waals surface area (Å²) in [5.74, 6) is -0.522. The number of carbonyl (C=O) groups excluding carboxylic acids is 3. The molecule has 1 aliphatic heterocycles. The molecule has 4 rings (SSSR count). The third-order valence-corrected chi connectivity index (χ3v) is 5.96. The van der Waals surface area contributed by atoms with E-state index >= 15 is 0 Å². The number of hydrogen-bond acceptors (Lipinski definition) is 5. The first-order valence-corrected chi connectivity index (χ1v) is 9.93. The number of benzene rings is 2. The minimum Gasteiger partial charge on any atom is -0.451 e. The maximum Gasteiger partial charge on any atom is 0.338 e. The second kappa shape index (κ2) is 7.19. The first-order valence-electron chi connectivity index (χ1n) is 8.95. The Labute approximate surface area is 161 Å². The van der Waals surface area contributed by atoms with E-state index in [4.69, 9.17) is 4.74 Å². The van der Waals surface area contributed by atoms with Gasteiger partial charge in [0.1, 0.15) is 0 Å². The molecular weight excluding hydrogens is 362 g/mol. The van der Waals surface area contributed by atoms with Crippen LogP contribution in [0.25, 0.3) is 0 Å². The molecule has 0 bridgehead atoms. The van der Waals surface area contributed by atoms with Crippen LogP contribution in [0.15, 0.2) is 41.3 Å². The minimum atomic E-state index is -0.878. The fraction of sp³-hybridized carbons (Fsp3) is 0.286. The van der Waals surface area contributed by atoms with Gasteiger partial charge in [0.15, 0.2) is 6.10 Å². The zero-order chi connectivity index (χ0) is 19.0. The van der Waals surface area contributed by atoms with Gasteiger partial charge < -0.3 is 10.1 Å². The van der Waals surface area contributed by atoms with Gasteiger partial charge in [0, 0.05) is 10.5 Å². The lowest BCUT2D eigenvalue weighted by molar-refractivity contribution is -0.113. The quantitative estimate of drug-likeness (QED) is 0.647. The summed E-state index contributed by atoms with van der Waals surface area (Å²) in [5.41, 5.74) is 3.99. The van der Waals surface area contributed by atoms with Gasteiger partial charge in [-0.1, -0.05) is 12.1 Å². The maximum atomic E-state index is 12.6. The molecule has 1 atom stereocenters. The highest BCUT2D eigenvalue weighted by atomic mass is 32.2. The lowest BCUT2D eigenvalue weighted by Crippen LogP contribution is -2.25. The van der Waals surface area contributed by atoms with Gasteiger partial charge >= 0.3 is 5.97 Å². The van der Waals surface area contributed by atoms with E-state index in [-0.39, 0.29) is 11.7 Å². The molecule has 0 aromatic heterocycles. The van der Waals surface area contributed by atoms with Gasteiger partial charge in [0.05, 0.1) is 17.0 Å². The van der Waals surface area contributed by atoms with Crippen LogP contribution in [-0.4, -0.2) is 29.5 Å². The molecule has 2 aromatic rings. The predicted octanol–water partition coefficient (Wildman–Crippen LogP) is 3.65. The minimum absolute atomic E-state index is 0.0989. The van der Waals surface area contributed by atoms with E-state index in [0.29, 0.717) is 22.6 Å². The van der Waals surface area contributed by atoms with Gasteiger partial charge in [-0.15, -0.1) is 11.8 Å². The van der Waals surface area contributed by atoms with Crippen LogP contribution in [-0.2, 0) is 22.4 Å². The molecule has 2 aliphatic rings. The summed E-state index contributed by atoms with van der Waals surface area (Å²) < 4.78 is 5.38. The Morgan fingerprint density at radius 3 is 2.70 bits per heavy atom. The molecular formula is C21H19NO4S. The smallest absolute Gasteiger partial charge is 0.338 e. The third-order valence-electron chi connectivity index (χ3n) is 4.88. The number of ketones is 1. The Kier molecular flexibility index (Phi) is 4.74. The summed E-state index contributed by atoms with van der Waals surface area (Å²) in [4.78, 5) is 37.5. The standard InChI is InChI=1S/C21H19NO4S/c1-12(20(24)15-6-5-13-3-2-4-14(13)9-15)26-21(25)16-7-8-18-17(10-16)22-19(23)11-27-18/h5-10,12H,2-4,11H2,1H3,(H,22,23)/t12-/m0/s1. The molecule has 1 amide bonds. The number of thioether (sulfide) groups is 1. The van der Waals surface area contributed by atoms with Gasteiger partial charge in [-0.25, -0.2) is 4.79 Å². The maximum absolute atomic E-state index is 12.6. The summed E-state index contributed by atoms with van der Waals surface area (Å²) in [6.07, 6.45) is 2.28. The van der Waals surface area contributed by atoms with E-state index in [1.165, 1.54) is 22.9 Å². The molecule has 27 heavy (non-hydrogen) atoms. The number of ether oxygens (including phenoxy) is 1. The lowest BCUT2D eigenvalue weighted by atomic mass is 10.0. The average molecular weight is 381 g/mol. The molecule has 5 nitrogen and oxygen atoms in total. The van der Waals surface area contributed by atoms with Crippen molar-refractivity contribution in [2.24, 2.45) is 0 Å². The van der Waals surface area contributed by atoms with Crippen LogP contribution in [0, 0.1) is 0 Å². The van der Waals surface area contributed by atoms with Crippen molar-refractivity contribution in [1.29, 1.82) is 0 Å². The fourth-order valence-electron chi connectivity index (χ4n) is 3.45. The average Bonchev–Trinajstić information content (AvgIpc) is 3.14. The van der Waals surface area contributed by atoms with Gasteiger partial charge in [0.2, 0.25) is 11.7 Å². The van der Waals surface area contributed by atoms with E-state index in [2.05, 4.69) is 5.32 Å². The van der Waals surface area contributed by atoms with Crippen LogP contribution in [0.3, 0.4) is 0 Å². The van der Waals surface area contributed by atoms with Gasteiger partial charge in [-0.3, -0.25) is 9.59 Å². The Morgan fingerprint density at radius 2 is 1.85 bits per heavy atom. The summed E-state index contributed by atoms with van der Waals surface area (Å²) in [7, 11) is 0. The molecule has 1 aliphatic carbocycles. The summed E-state index contributed by atoms with van der Waals surface area (Å²) >= 11 is 1.42. The Hall–Kier alpha value is -2.60. The number of esters is 1. The predicted molar refractivity (Wildman–Crippen MR) is 103 cm³/mol. The zero-order valence-electron chi connectivity index (χ0n) is 14.9. The highest BCUT2D eigenvalue weighted by molar-refractivity contribution is 8.00. The van der Waals surface area contributed by atoms with Crippen LogP contribution in [0.4, 0.5) is 5.69 Å². The highest BCUT2D eigenvalue weighted by Gasteiger charge is 2.23. The number of nitrogens with one attached hydrogen (secondary N) is 1. The molecule has 6 heteroatoms. The van der Waals surface area contributed by atoms with Crippen LogP contribution < -0.4 is 5.32 Å². The first-order chi connectivity index (χ1) is 13.0. The molecule has 0 spiro atoms. The first kappa shape index (κ1) is 17.8. The topological polar surface area (TPSA) is 72.5 Å². The largest absolute Gasteiger partial charge is 0.451 e. The number of Topliss-reactive ketones (excluding diaryl/α,β-unsaturated/α-hetero) is 1. The van der Waals surface area contributed by atoms with Crippen molar-refractivity contribution >= 4 is 35.1 Å². The fourth-order valence-corrected chi connectivity index (χ4v) is 4.24. The van der Waals surface area contributed by atoms with Crippen LogP contribution in [0.2, 0.25) is 0 Å². The van der Waals surface area contributed by atoms with Crippen molar-refractivity contribution in [2.75, 3.05) is 11.1 Å². The summed E-state index contributed by atoms with van der Waals surface area (Å²) in [5, 5.41) is 2.75. The number of aryl methyl sites for hydroxylation is 2. The Morgan fingerprint density at radius 1 is 1.07 bits per heavy atom. The molecule has 0 saturated heterocycles. The van der Waals surface area contributed by atoms with E-state index in [9.17, 15) is 14.4 Å². The zero-order valence-corrected chi connectivity index (χ0v) is 15.7. The molecule has 0 unspecified atom stereocenters. The van der Waals surface area contributed by atoms with Crippen molar-refractivity contribution in [3.63, 3.8) is 0 Å². The lowest BCUT2D eigenvalue weighted by Gasteiger charge is -2.17. The number of fused-ring (bicyclic) bond motifs is 2. The molecule has 1 N–H and O–H groups in total. The number of amides is 1. The SMILES string of the molecule is C[C@H](OC(=O)c1ccc2c(c1)NC(=O)CS2)C(=O)c1ccc2c(c1)CCC2. The van der Waals surface area contributed by atoms with Gasteiger partial charge in [-0.05, 0) is 61.6 Å².